The molecule has 0 aliphatic heterocycles. The van der Waals surface area contributed by atoms with Crippen molar-refractivity contribution in [3.8, 4) is 0 Å². The second kappa shape index (κ2) is 10.1. The molecule has 0 spiro atoms. The Morgan fingerprint density at radius 2 is 1.81 bits per heavy atom. The van der Waals surface area contributed by atoms with Crippen LogP contribution in [0.2, 0.25) is 0 Å². The predicted molar refractivity (Wildman–Crippen MR) is 102 cm³/mol. The molecule has 0 heterocycles. The van der Waals surface area contributed by atoms with E-state index in [9.17, 15) is 18.4 Å². The summed E-state index contributed by atoms with van der Waals surface area (Å²) in [5.41, 5.74) is 0.206. The average Bonchev–Trinajstić information content (AvgIpc) is 2.65. The van der Waals surface area contributed by atoms with Crippen LogP contribution in [0.1, 0.15) is 37.0 Å². The van der Waals surface area contributed by atoms with Gasteiger partial charge in [-0.25, -0.2) is 8.78 Å². The lowest BCUT2D eigenvalue weighted by atomic mass is 10.2. The maximum absolute atomic E-state index is 14.2. The van der Waals surface area contributed by atoms with Crippen molar-refractivity contribution in [3.05, 3.63) is 59.7 Å². The number of anilines is 1. The molecule has 2 aromatic carbocycles. The Hall–Kier alpha value is -2.41. The Morgan fingerprint density at radius 1 is 1.11 bits per heavy atom. The van der Waals surface area contributed by atoms with E-state index >= 15 is 0 Å². The highest BCUT2D eigenvalue weighted by Gasteiger charge is 2.23. The third kappa shape index (κ3) is 5.79. The van der Waals surface area contributed by atoms with Gasteiger partial charge in [0.2, 0.25) is 0 Å². The van der Waals surface area contributed by atoms with Crippen LogP contribution in [0.4, 0.5) is 14.5 Å². The van der Waals surface area contributed by atoms with Crippen LogP contribution in [0.5, 0.6) is 0 Å². The topological polar surface area (TPSA) is 55.4 Å². The maximum Gasteiger partial charge on any atom is 0.319 e. The van der Waals surface area contributed by atoms with Crippen molar-refractivity contribution in [3.63, 3.8) is 0 Å². The number of amides is 1. The third-order valence-corrected chi connectivity index (χ3v) is 4.95. The second-order valence-electron chi connectivity index (χ2n) is 5.73. The van der Waals surface area contributed by atoms with Crippen molar-refractivity contribution >= 4 is 29.3 Å². The first-order valence-electron chi connectivity index (χ1n) is 8.65. The predicted octanol–water partition coefficient (Wildman–Crippen LogP) is 5.04. The molecule has 0 aliphatic carbocycles. The molecule has 0 bridgehead atoms. The molecule has 2 aromatic rings. The quantitative estimate of drug-likeness (QED) is 0.504. The van der Waals surface area contributed by atoms with Crippen LogP contribution in [0.25, 0.3) is 0 Å². The van der Waals surface area contributed by atoms with Gasteiger partial charge in [0.15, 0.2) is 0 Å². The SMILES string of the molecule is CCCC(Sc1cc(NC(=O)c2ccccc2)c(F)cc1F)C(=O)OCC. The summed E-state index contributed by atoms with van der Waals surface area (Å²) in [6, 6.07) is 10.2. The number of thioether (sulfide) groups is 1. The number of ether oxygens (including phenoxy) is 1. The van der Waals surface area contributed by atoms with Crippen molar-refractivity contribution < 1.29 is 23.1 Å². The summed E-state index contributed by atoms with van der Waals surface area (Å²) >= 11 is 0.966. The maximum atomic E-state index is 14.2. The lowest BCUT2D eigenvalue weighted by molar-refractivity contribution is -0.142. The molecule has 1 unspecified atom stereocenters. The molecule has 1 N–H and O–H groups in total. The zero-order chi connectivity index (χ0) is 19.8. The van der Waals surface area contributed by atoms with Crippen molar-refractivity contribution in [1.82, 2.24) is 0 Å². The highest BCUT2D eigenvalue weighted by Crippen LogP contribution is 2.33. The number of carbonyl (C=O) groups excluding carboxylic acids is 2. The molecular weight excluding hydrogens is 372 g/mol. The van der Waals surface area contributed by atoms with Crippen molar-refractivity contribution in [2.24, 2.45) is 0 Å². The van der Waals surface area contributed by atoms with E-state index in [4.69, 9.17) is 4.74 Å². The van der Waals surface area contributed by atoms with E-state index in [1.54, 1.807) is 37.3 Å². The molecule has 2 rings (SSSR count). The Morgan fingerprint density at radius 3 is 2.44 bits per heavy atom. The number of hydrogen-bond acceptors (Lipinski definition) is 4. The van der Waals surface area contributed by atoms with Gasteiger partial charge in [-0.3, -0.25) is 9.59 Å². The molecule has 0 radical (unpaired) electrons. The molecule has 1 atom stereocenters. The van der Waals surface area contributed by atoms with Gasteiger partial charge in [0.05, 0.1) is 12.3 Å². The molecule has 4 nitrogen and oxygen atoms in total. The van der Waals surface area contributed by atoms with E-state index in [1.165, 1.54) is 6.07 Å². The second-order valence-corrected chi connectivity index (χ2v) is 6.97. The molecule has 0 fully saturated rings. The van der Waals surface area contributed by atoms with Gasteiger partial charge in [-0.05, 0) is 31.5 Å². The summed E-state index contributed by atoms with van der Waals surface area (Å²) in [6.45, 7) is 3.82. The van der Waals surface area contributed by atoms with Crippen LogP contribution in [-0.2, 0) is 9.53 Å². The van der Waals surface area contributed by atoms with Crippen LogP contribution in [0, 0.1) is 11.6 Å². The summed E-state index contributed by atoms with van der Waals surface area (Å²) < 4.78 is 33.3. The molecule has 1 amide bonds. The van der Waals surface area contributed by atoms with E-state index in [2.05, 4.69) is 5.32 Å². The van der Waals surface area contributed by atoms with Crippen molar-refractivity contribution in [2.45, 2.75) is 36.8 Å². The first-order valence-corrected chi connectivity index (χ1v) is 9.53. The lowest BCUT2D eigenvalue weighted by Crippen LogP contribution is -2.20. The third-order valence-electron chi connectivity index (χ3n) is 3.68. The first-order chi connectivity index (χ1) is 13.0. The summed E-state index contributed by atoms with van der Waals surface area (Å²) in [5.74, 6) is -2.62. The number of rotatable bonds is 8. The monoisotopic (exact) mass is 393 g/mol. The normalized spacial score (nSPS) is 11.7. The smallest absolute Gasteiger partial charge is 0.319 e. The van der Waals surface area contributed by atoms with Crippen LogP contribution in [-0.4, -0.2) is 23.7 Å². The fraction of sp³-hybridized carbons (Fsp3) is 0.300. The zero-order valence-corrected chi connectivity index (χ0v) is 15.9. The standard InChI is InChI=1S/C20H21F2NO3S/c1-3-8-17(20(25)26-4-2)27-18-12-16(14(21)11-15(18)22)23-19(24)13-9-6-5-7-10-13/h5-7,9-12,17H,3-4,8H2,1-2H3,(H,23,24). The minimum atomic E-state index is -0.885. The van der Waals surface area contributed by atoms with Gasteiger partial charge < -0.3 is 10.1 Å². The number of carbonyl (C=O) groups is 2. The van der Waals surface area contributed by atoms with Crippen LogP contribution in [0.3, 0.4) is 0 Å². The van der Waals surface area contributed by atoms with E-state index in [-0.39, 0.29) is 17.2 Å². The Kier molecular flexibility index (Phi) is 7.79. The number of hydrogen-bond donors (Lipinski definition) is 1. The average molecular weight is 393 g/mol. The van der Waals surface area contributed by atoms with Crippen molar-refractivity contribution in [2.75, 3.05) is 11.9 Å². The molecule has 144 valence electrons. The summed E-state index contributed by atoms with van der Waals surface area (Å²) in [6.07, 6.45) is 1.20. The Labute approximate surface area is 161 Å². The van der Waals surface area contributed by atoms with Gasteiger partial charge in [0.25, 0.3) is 5.91 Å². The van der Waals surface area contributed by atoms with Gasteiger partial charge in [0.1, 0.15) is 16.9 Å². The molecule has 7 heteroatoms. The summed E-state index contributed by atoms with van der Waals surface area (Å²) in [4.78, 5) is 24.4. The largest absolute Gasteiger partial charge is 0.465 e. The van der Waals surface area contributed by atoms with Gasteiger partial charge in [-0.1, -0.05) is 31.5 Å². The van der Waals surface area contributed by atoms with Gasteiger partial charge in [-0.15, -0.1) is 11.8 Å². The van der Waals surface area contributed by atoms with Gasteiger partial charge in [-0.2, -0.15) is 0 Å². The van der Waals surface area contributed by atoms with Gasteiger partial charge in [0, 0.05) is 16.5 Å². The van der Waals surface area contributed by atoms with E-state index in [0.717, 1.165) is 11.8 Å². The van der Waals surface area contributed by atoms with E-state index < -0.39 is 28.8 Å². The molecule has 0 aromatic heterocycles. The molecule has 0 saturated heterocycles. The fourth-order valence-corrected chi connectivity index (χ4v) is 3.56. The molecule has 0 aliphatic rings. The summed E-state index contributed by atoms with van der Waals surface area (Å²) in [5, 5.41) is 1.84. The van der Waals surface area contributed by atoms with Crippen LogP contribution >= 0.6 is 11.8 Å². The van der Waals surface area contributed by atoms with Crippen LogP contribution < -0.4 is 5.32 Å². The molecule has 0 saturated carbocycles. The molecule has 27 heavy (non-hydrogen) atoms. The lowest BCUT2D eigenvalue weighted by Gasteiger charge is -2.16. The van der Waals surface area contributed by atoms with Crippen molar-refractivity contribution in [1.29, 1.82) is 0 Å². The minimum absolute atomic E-state index is 0.0752. The summed E-state index contributed by atoms with van der Waals surface area (Å²) in [7, 11) is 0. The fourth-order valence-electron chi connectivity index (χ4n) is 2.37. The minimum Gasteiger partial charge on any atom is -0.465 e. The zero-order valence-electron chi connectivity index (χ0n) is 15.1. The number of esters is 1. The highest BCUT2D eigenvalue weighted by atomic mass is 32.2. The highest BCUT2D eigenvalue weighted by molar-refractivity contribution is 8.00. The van der Waals surface area contributed by atoms with E-state index in [0.29, 0.717) is 24.5 Å². The number of halogens is 2. The Balaban J connectivity index is 2.23. The molecular formula is C20H21F2NO3S. The first kappa shape index (κ1) is 20.9. The van der Waals surface area contributed by atoms with Gasteiger partial charge >= 0.3 is 5.97 Å². The Bertz CT molecular complexity index is 799. The van der Waals surface area contributed by atoms with Crippen LogP contribution in [0.15, 0.2) is 47.4 Å². The number of nitrogens with one attached hydrogen (secondary N) is 1. The number of benzene rings is 2. The van der Waals surface area contributed by atoms with E-state index in [1.807, 2.05) is 6.92 Å².